The van der Waals surface area contributed by atoms with Gasteiger partial charge in [-0.1, -0.05) is 0 Å². The molecule has 0 rings (SSSR count). The van der Waals surface area contributed by atoms with E-state index in [4.69, 9.17) is 15.2 Å². The zero-order valence-corrected chi connectivity index (χ0v) is 10.7. The summed E-state index contributed by atoms with van der Waals surface area (Å²) in [7, 11) is 5.13. The van der Waals surface area contributed by atoms with Crippen LogP contribution in [0.1, 0.15) is 19.3 Å². The Hall–Kier alpha value is -0.200. The molecule has 16 heavy (non-hydrogen) atoms. The molecule has 5 nitrogen and oxygen atoms in total. The van der Waals surface area contributed by atoms with Crippen molar-refractivity contribution in [3.8, 4) is 0 Å². The molecule has 0 fully saturated rings. The van der Waals surface area contributed by atoms with E-state index in [1.807, 2.05) is 0 Å². The minimum absolute atomic E-state index is 0.519. The Balaban J connectivity index is 3.56. The average Bonchev–Trinajstić information content (AvgIpc) is 2.28. The van der Waals surface area contributed by atoms with E-state index in [1.165, 1.54) is 14.2 Å². The Bertz CT molecular complexity index is 154. The van der Waals surface area contributed by atoms with Crippen molar-refractivity contribution in [3.05, 3.63) is 0 Å². The Kier molecular flexibility index (Phi) is 9.86. The monoisotopic (exact) mass is 234 g/mol. The summed E-state index contributed by atoms with van der Waals surface area (Å²) in [6.07, 6.45) is 1.54. The van der Waals surface area contributed by atoms with Crippen LogP contribution < -0.4 is 5.73 Å². The normalized spacial score (nSPS) is 13.7. The lowest BCUT2D eigenvalue weighted by Crippen LogP contribution is -2.31. The first-order chi connectivity index (χ1) is 7.65. The Morgan fingerprint density at radius 2 is 1.75 bits per heavy atom. The second-order valence-electron chi connectivity index (χ2n) is 3.99. The largest absolute Gasteiger partial charge is 0.388 e. The molecule has 0 heterocycles. The van der Waals surface area contributed by atoms with Crippen molar-refractivity contribution in [2.75, 3.05) is 40.9 Å². The maximum absolute atomic E-state index is 9.71. The lowest BCUT2D eigenvalue weighted by Gasteiger charge is -2.21. The lowest BCUT2D eigenvalue weighted by atomic mass is 10.2. The molecule has 98 valence electrons. The number of aliphatic hydroxyl groups is 1. The zero-order chi connectivity index (χ0) is 12.4. The van der Waals surface area contributed by atoms with Crippen molar-refractivity contribution in [2.45, 2.75) is 31.7 Å². The molecule has 0 aromatic heterocycles. The third kappa shape index (κ3) is 7.14. The minimum atomic E-state index is -0.557. The molecule has 1 unspecified atom stereocenters. The van der Waals surface area contributed by atoms with E-state index >= 15 is 0 Å². The standard InChI is InChI=1S/C11H26N2O3/c1-13(9-5-7-12)8-4-6-10(14)11(15-2)16-3/h10-11,14H,4-9,12H2,1-3H3. The number of nitrogens with two attached hydrogens (primary N) is 1. The molecular weight excluding hydrogens is 208 g/mol. The van der Waals surface area contributed by atoms with Crippen molar-refractivity contribution in [1.82, 2.24) is 4.90 Å². The lowest BCUT2D eigenvalue weighted by molar-refractivity contribution is -0.165. The van der Waals surface area contributed by atoms with Crippen molar-refractivity contribution in [3.63, 3.8) is 0 Å². The third-order valence-corrected chi connectivity index (χ3v) is 2.56. The second kappa shape index (κ2) is 9.99. The highest BCUT2D eigenvalue weighted by Gasteiger charge is 2.17. The molecule has 5 heteroatoms. The first-order valence-corrected chi connectivity index (χ1v) is 5.78. The molecule has 0 saturated carbocycles. The van der Waals surface area contributed by atoms with E-state index < -0.39 is 12.4 Å². The molecule has 0 aliphatic heterocycles. The van der Waals surface area contributed by atoms with Gasteiger partial charge in [-0.2, -0.15) is 0 Å². The predicted molar refractivity (Wildman–Crippen MR) is 64.2 cm³/mol. The van der Waals surface area contributed by atoms with E-state index in [-0.39, 0.29) is 0 Å². The van der Waals surface area contributed by atoms with Crippen molar-refractivity contribution >= 4 is 0 Å². The molecule has 0 saturated heterocycles. The number of methoxy groups -OCH3 is 2. The van der Waals surface area contributed by atoms with Gasteiger partial charge in [-0.05, 0) is 45.9 Å². The highest BCUT2D eigenvalue weighted by Crippen LogP contribution is 2.07. The summed E-state index contributed by atoms with van der Waals surface area (Å²) in [5.74, 6) is 0. The third-order valence-electron chi connectivity index (χ3n) is 2.56. The van der Waals surface area contributed by atoms with Crippen LogP contribution in [-0.2, 0) is 9.47 Å². The summed E-state index contributed by atoms with van der Waals surface area (Å²) in [6.45, 7) is 2.68. The van der Waals surface area contributed by atoms with Crippen molar-refractivity contribution in [1.29, 1.82) is 0 Å². The summed E-state index contributed by atoms with van der Waals surface area (Å²) in [5.41, 5.74) is 5.43. The van der Waals surface area contributed by atoms with E-state index in [0.29, 0.717) is 6.42 Å². The van der Waals surface area contributed by atoms with Crippen LogP contribution in [0.4, 0.5) is 0 Å². The average molecular weight is 234 g/mol. The van der Waals surface area contributed by atoms with E-state index in [0.717, 1.165) is 32.5 Å². The smallest absolute Gasteiger partial charge is 0.182 e. The van der Waals surface area contributed by atoms with Gasteiger partial charge in [0.2, 0.25) is 0 Å². The number of hydrogen-bond acceptors (Lipinski definition) is 5. The molecule has 0 bridgehead atoms. The maximum atomic E-state index is 9.71. The topological polar surface area (TPSA) is 68.0 Å². The quantitative estimate of drug-likeness (QED) is 0.522. The Morgan fingerprint density at radius 1 is 1.19 bits per heavy atom. The van der Waals surface area contributed by atoms with Gasteiger partial charge in [-0.15, -0.1) is 0 Å². The molecule has 0 aliphatic rings. The molecule has 0 aromatic carbocycles. The number of aliphatic hydroxyl groups excluding tert-OH is 1. The van der Waals surface area contributed by atoms with Crippen LogP contribution in [0.25, 0.3) is 0 Å². The van der Waals surface area contributed by atoms with E-state index in [9.17, 15) is 5.11 Å². The molecule has 0 radical (unpaired) electrons. The van der Waals surface area contributed by atoms with Gasteiger partial charge >= 0.3 is 0 Å². The number of hydrogen-bond donors (Lipinski definition) is 2. The number of ether oxygens (including phenoxy) is 2. The Morgan fingerprint density at radius 3 is 2.25 bits per heavy atom. The minimum Gasteiger partial charge on any atom is -0.388 e. The first kappa shape index (κ1) is 15.8. The second-order valence-corrected chi connectivity index (χ2v) is 3.99. The number of nitrogens with zero attached hydrogens (tertiary/aromatic N) is 1. The van der Waals surface area contributed by atoms with Crippen molar-refractivity contribution < 1.29 is 14.6 Å². The highest BCUT2D eigenvalue weighted by molar-refractivity contribution is 4.62. The first-order valence-electron chi connectivity index (χ1n) is 5.78. The molecule has 1 atom stereocenters. The van der Waals surface area contributed by atoms with Gasteiger partial charge in [-0.3, -0.25) is 0 Å². The van der Waals surface area contributed by atoms with Gasteiger partial charge in [0.15, 0.2) is 6.29 Å². The summed E-state index contributed by atoms with van der Waals surface area (Å²) < 4.78 is 9.96. The highest BCUT2D eigenvalue weighted by atomic mass is 16.7. The summed E-state index contributed by atoms with van der Waals surface area (Å²) in [6, 6.07) is 0. The fourth-order valence-corrected chi connectivity index (χ4v) is 1.59. The Labute approximate surface area is 98.5 Å². The summed E-state index contributed by atoms with van der Waals surface area (Å²) in [4.78, 5) is 2.22. The molecule has 3 N–H and O–H groups in total. The molecular formula is C11H26N2O3. The van der Waals surface area contributed by atoms with Gasteiger partial charge in [0.25, 0.3) is 0 Å². The van der Waals surface area contributed by atoms with Gasteiger partial charge < -0.3 is 25.2 Å². The SMILES string of the molecule is COC(OC)C(O)CCCN(C)CCCN. The number of rotatable bonds is 10. The van der Waals surface area contributed by atoms with E-state index in [1.54, 1.807) is 0 Å². The van der Waals surface area contributed by atoms with Crippen LogP contribution >= 0.6 is 0 Å². The van der Waals surface area contributed by atoms with Gasteiger partial charge in [-0.25, -0.2) is 0 Å². The van der Waals surface area contributed by atoms with Gasteiger partial charge in [0.1, 0.15) is 6.10 Å². The van der Waals surface area contributed by atoms with E-state index in [2.05, 4.69) is 11.9 Å². The molecule has 0 aromatic rings. The van der Waals surface area contributed by atoms with Crippen molar-refractivity contribution in [2.24, 2.45) is 5.73 Å². The molecule has 0 spiro atoms. The van der Waals surface area contributed by atoms with Crippen LogP contribution in [0.2, 0.25) is 0 Å². The fraction of sp³-hybridized carbons (Fsp3) is 1.00. The molecule has 0 aliphatic carbocycles. The predicted octanol–water partition coefficient (Wildman–Crippen LogP) is 0.0270. The van der Waals surface area contributed by atoms with Crippen LogP contribution in [0.15, 0.2) is 0 Å². The summed E-state index contributed by atoms with van der Waals surface area (Å²) in [5, 5.41) is 9.71. The maximum Gasteiger partial charge on any atom is 0.182 e. The fourth-order valence-electron chi connectivity index (χ4n) is 1.59. The van der Waals surface area contributed by atoms with Crippen LogP contribution in [0, 0.1) is 0 Å². The van der Waals surface area contributed by atoms with Gasteiger partial charge in [0, 0.05) is 14.2 Å². The molecule has 0 amide bonds. The van der Waals surface area contributed by atoms with Crippen LogP contribution in [-0.4, -0.2) is 63.3 Å². The van der Waals surface area contributed by atoms with Crippen LogP contribution in [0.5, 0.6) is 0 Å². The van der Waals surface area contributed by atoms with Crippen LogP contribution in [0.3, 0.4) is 0 Å². The zero-order valence-electron chi connectivity index (χ0n) is 10.7. The van der Waals surface area contributed by atoms with Gasteiger partial charge in [0.05, 0.1) is 0 Å². The summed E-state index contributed by atoms with van der Waals surface area (Å²) >= 11 is 0.